The molecule has 0 aliphatic rings. The zero-order valence-corrected chi connectivity index (χ0v) is 6.20. The molecule has 10 heavy (non-hydrogen) atoms. The van der Waals surface area contributed by atoms with E-state index in [9.17, 15) is 5.11 Å². The van der Waals surface area contributed by atoms with Gasteiger partial charge in [-0.3, -0.25) is 4.98 Å². The standard InChI is InChI=1S/C8H11NO/c1-6(2)7-3-4-9-5-8(7)10/h3-6,10H,1-2H3. The molecule has 0 amide bonds. The first-order chi connectivity index (χ1) is 4.72. The van der Waals surface area contributed by atoms with Crippen LogP contribution in [0.25, 0.3) is 0 Å². The molecule has 1 rings (SSSR count). The second-order valence-electron chi connectivity index (χ2n) is 2.59. The lowest BCUT2D eigenvalue weighted by Crippen LogP contribution is -1.87. The van der Waals surface area contributed by atoms with Crippen LogP contribution in [-0.2, 0) is 0 Å². The Balaban J connectivity index is 3.03. The molecule has 0 unspecified atom stereocenters. The van der Waals surface area contributed by atoms with E-state index in [0.29, 0.717) is 5.92 Å². The molecular weight excluding hydrogens is 126 g/mol. The van der Waals surface area contributed by atoms with Crippen LogP contribution in [0.2, 0.25) is 0 Å². The third kappa shape index (κ3) is 1.26. The van der Waals surface area contributed by atoms with E-state index >= 15 is 0 Å². The first kappa shape index (κ1) is 7.06. The SMILES string of the molecule is CC(C)c1ccncc1O. The smallest absolute Gasteiger partial charge is 0.137 e. The molecule has 1 N–H and O–H groups in total. The summed E-state index contributed by atoms with van der Waals surface area (Å²) in [5, 5.41) is 9.22. The molecule has 2 heteroatoms. The number of hydrogen-bond donors (Lipinski definition) is 1. The number of aromatic nitrogens is 1. The summed E-state index contributed by atoms with van der Waals surface area (Å²) < 4.78 is 0. The predicted molar refractivity (Wildman–Crippen MR) is 40.0 cm³/mol. The monoisotopic (exact) mass is 137 g/mol. The Bertz CT molecular complexity index is 220. The fraction of sp³-hybridized carbons (Fsp3) is 0.375. The molecule has 0 bridgehead atoms. The Morgan fingerprint density at radius 1 is 1.50 bits per heavy atom. The van der Waals surface area contributed by atoms with Gasteiger partial charge in [0.2, 0.25) is 0 Å². The summed E-state index contributed by atoms with van der Waals surface area (Å²) in [6.45, 7) is 4.07. The normalized spacial score (nSPS) is 10.3. The van der Waals surface area contributed by atoms with Crippen molar-refractivity contribution in [3.8, 4) is 5.75 Å². The molecule has 1 heterocycles. The lowest BCUT2D eigenvalue weighted by Gasteiger charge is -2.05. The number of pyridine rings is 1. The average molecular weight is 137 g/mol. The summed E-state index contributed by atoms with van der Waals surface area (Å²) in [6.07, 6.45) is 3.16. The van der Waals surface area contributed by atoms with Crippen molar-refractivity contribution >= 4 is 0 Å². The van der Waals surface area contributed by atoms with E-state index in [2.05, 4.69) is 4.98 Å². The van der Waals surface area contributed by atoms with Gasteiger partial charge in [-0.05, 0) is 17.5 Å². The van der Waals surface area contributed by atoms with Crippen molar-refractivity contribution in [2.45, 2.75) is 19.8 Å². The molecule has 1 aromatic rings. The first-order valence-electron chi connectivity index (χ1n) is 3.34. The van der Waals surface area contributed by atoms with Crippen molar-refractivity contribution in [2.24, 2.45) is 0 Å². The highest BCUT2D eigenvalue weighted by atomic mass is 16.3. The van der Waals surface area contributed by atoms with Crippen LogP contribution in [-0.4, -0.2) is 10.1 Å². The van der Waals surface area contributed by atoms with Crippen LogP contribution in [0.4, 0.5) is 0 Å². The molecular formula is C8H11NO. The Hall–Kier alpha value is -1.05. The minimum Gasteiger partial charge on any atom is -0.506 e. The Morgan fingerprint density at radius 3 is 2.60 bits per heavy atom. The maximum Gasteiger partial charge on any atom is 0.137 e. The highest BCUT2D eigenvalue weighted by molar-refractivity contribution is 5.30. The van der Waals surface area contributed by atoms with Crippen LogP contribution >= 0.6 is 0 Å². The average Bonchev–Trinajstić information content (AvgIpc) is 1.88. The largest absolute Gasteiger partial charge is 0.506 e. The van der Waals surface area contributed by atoms with Gasteiger partial charge in [0.25, 0.3) is 0 Å². The highest BCUT2D eigenvalue weighted by Gasteiger charge is 2.02. The van der Waals surface area contributed by atoms with Gasteiger partial charge in [-0.1, -0.05) is 13.8 Å². The lowest BCUT2D eigenvalue weighted by molar-refractivity contribution is 0.462. The summed E-state index contributed by atoms with van der Waals surface area (Å²) in [5.41, 5.74) is 0.954. The quantitative estimate of drug-likeness (QED) is 0.641. The van der Waals surface area contributed by atoms with Crippen LogP contribution in [0.3, 0.4) is 0 Å². The molecule has 0 radical (unpaired) electrons. The van der Waals surface area contributed by atoms with Crippen LogP contribution in [0.15, 0.2) is 18.5 Å². The highest BCUT2D eigenvalue weighted by Crippen LogP contribution is 2.22. The van der Waals surface area contributed by atoms with Crippen molar-refractivity contribution in [1.82, 2.24) is 4.98 Å². The number of nitrogens with zero attached hydrogens (tertiary/aromatic N) is 1. The van der Waals surface area contributed by atoms with Gasteiger partial charge in [0.15, 0.2) is 0 Å². The Kier molecular flexibility index (Phi) is 1.90. The van der Waals surface area contributed by atoms with Crippen molar-refractivity contribution < 1.29 is 5.11 Å². The third-order valence-corrected chi connectivity index (χ3v) is 1.45. The molecule has 1 aromatic heterocycles. The summed E-state index contributed by atoms with van der Waals surface area (Å²) in [5.74, 6) is 0.653. The maximum absolute atomic E-state index is 9.22. The molecule has 0 spiro atoms. The summed E-state index contributed by atoms with van der Waals surface area (Å²) in [6, 6.07) is 1.83. The van der Waals surface area contributed by atoms with E-state index in [1.807, 2.05) is 19.9 Å². The van der Waals surface area contributed by atoms with Crippen molar-refractivity contribution in [1.29, 1.82) is 0 Å². The van der Waals surface area contributed by atoms with Gasteiger partial charge in [-0.25, -0.2) is 0 Å². The second-order valence-corrected chi connectivity index (χ2v) is 2.59. The molecule has 0 fully saturated rings. The van der Waals surface area contributed by atoms with Gasteiger partial charge >= 0.3 is 0 Å². The number of aromatic hydroxyl groups is 1. The van der Waals surface area contributed by atoms with Crippen LogP contribution < -0.4 is 0 Å². The summed E-state index contributed by atoms with van der Waals surface area (Å²) in [7, 11) is 0. The van der Waals surface area contributed by atoms with Gasteiger partial charge < -0.3 is 5.11 Å². The summed E-state index contributed by atoms with van der Waals surface area (Å²) >= 11 is 0. The van der Waals surface area contributed by atoms with E-state index < -0.39 is 0 Å². The Morgan fingerprint density at radius 2 is 2.20 bits per heavy atom. The van der Waals surface area contributed by atoms with Crippen LogP contribution in [0.5, 0.6) is 5.75 Å². The fourth-order valence-corrected chi connectivity index (χ4v) is 0.885. The van der Waals surface area contributed by atoms with E-state index in [1.54, 1.807) is 6.20 Å². The van der Waals surface area contributed by atoms with E-state index in [1.165, 1.54) is 6.20 Å². The van der Waals surface area contributed by atoms with E-state index in [4.69, 9.17) is 0 Å². The second kappa shape index (κ2) is 2.69. The van der Waals surface area contributed by atoms with Gasteiger partial charge in [0, 0.05) is 6.20 Å². The minimum atomic E-state index is 0.289. The van der Waals surface area contributed by atoms with Gasteiger partial charge in [0.05, 0.1) is 6.20 Å². The number of hydrogen-bond acceptors (Lipinski definition) is 2. The van der Waals surface area contributed by atoms with Crippen molar-refractivity contribution in [3.05, 3.63) is 24.0 Å². The van der Waals surface area contributed by atoms with Crippen molar-refractivity contribution in [2.75, 3.05) is 0 Å². The maximum atomic E-state index is 9.22. The topological polar surface area (TPSA) is 33.1 Å². The lowest BCUT2D eigenvalue weighted by atomic mass is 10.0. The predicted octanol–water partition coefficient (Wildman–Crippen LogP) is 1.91. The summed E-state index contributed by atoms with van der Waals surface area (Å²) in [4.78, 5) is 3.78. The van der Waals surface area contributed by atoms with Crippen molar-refractivity contribution in [3.63, 3.8) is 0 Å². The molecule has 2 nitrogen and oxygen atoms in total. The fourth-order valence-electron chi connectivity index (χ4n) is 0.885. The van der Waals surface area contributed by atoms with Crippen LogP contribution in [0.1, 0.15) is 25.3 Å². The number of rotatable bonds is 1. The minimum absolute atomic E-state index is 0.289. The van der Waals surface area contributed by atoms with E-state index in [0.717, 1.165) is 5.56 Å². The molecule has 0 aliphatic heterocycles. The van der Waals surface area contributed by atoms with Gasteiger partial charge in [-0.2, -0.15) is 0 Å². The van der Waals surface area contributed by atoms with Crippen LogP contribution in [0, 0.1) is 0 Å². The zero-order valence-electron chi connectivity index (χ0n) is 6.20. The molecule has 0 saturated carbocycles. The third-order valence-electron chi connectivity index (χ3n) is 1.45. The molecule has 0 atom stereocenters. The first-order valence-corrected chi connectivity index (χ1v) is 3.34. The molecule has 54 valence electrons. The van der Waals surface area contributed by atoms with E-state index in [-0.39, 0.29) is 5.75 Å². The Labute approximate surface area is 60.5 Å². The molecule has 0 aliphatic carbocycles. The molecule has 0 aromatic carbocycles. The zero-order chi connectivity index (χ0) is 7.56. The van der Waals surface area contributed by atoms with Gasteiger partial charge in [0.1, 0.15) is 5.75 Å². The van der Waals surface area contributed by atoms with Gasteiger partial charge in [-0.15, -0.1) is 0 Å². The molecule has 0 saturated heterocycles.